The van der Waals surface area contributed by atoms with Gasteiger partial charge in [-0.1, -0.05) is 12.1 Å². The van der Waals surface area contributed by atoms with Crippen molar-refractivity contribution in [2.75, 3.05) is 13.7 Å². The lowest BCUT2D eigenvalue weighted by molar-refractivity contribution is -0.385. The molecule has 0 saturated heterocycles. The van der Waals surface area contributed by atoms with Crippen molar-refractivity contribution >= 4 is 35.0 Å². The van der Waals surface area contributed by atoms with Gasteiger partial charge in [-0.25, -0.2) is 0 Å². The van der Waals surface area contributed by atoms with Crippen LogP contribution in [0.3, 0.4) is 0 Å². The molecule has 0 aromatic heterocycles. The van der Waals surface area contributed by atoms with E-state index >= 15 is 0 Å². The number of hydrogen-bond donors (Lipinski definition) is 3. The molecule has 1 aromatic carbocycles. The number of amides is 1. The summed E-state index contributed by atoms with van der Waals surface area (Å²) in [7, 11) is 1.57. The Balaban J connectivity index is 2.51. The van der Waals surface area contributed by atoms with Crippen LogP contribution < -0.4 is 16.2 Å². The monoisotopic (exact) mass is 338 g/mol. The number of carbonyl (C=O) groups is 1. The molecule has 3 N–H and O–H groups in total. The summed E-state index contributed by atoms with van der Waals surface area (Å²) in [5.74, 6) is -0.494. The van der Waals surface area contributed by atoms with Gasteiger partial charge in [0.05, 0.1) is 17.1 Å². The fraction of sp³-hybridized carbons (Fsp3) is 0.286. The number of hydrazine groups is 1. The third-order valence-corrected chi connectivity index (χ3v) is 2.86. The van der Waals surface area contributed by atoms with E-state index in [1.165, 1.54) is 18.2 Å². The van der Waals surface area contributed by atoms with Crippen LogP contribution >= 0.6 is 12.2 Å². The van der Waals surface area contributed by atoms with Gasteiger partial charge < -0.3 is 10.1 Å². The summed E-state index contributed by atoms with van der Waals surface area (Å²) >= 11 is 4.99. The molecule has 0 spiro atoms. The Kier molecular flexibility index (Phi) is 7.64. The Bertz CT molecular complexity index is 606. The smallest absolute Gasteiger partial charge is 0.276 e. The lowest BCUT2D eigenvalue weighted by atomic mass is 10.1. The maximum absolute atomic E-state index is 11.7. The van der Waals surface area contributed by atoms with Crippen molar-refractivity contribution < 1.29 is 14.5 Å². The molecule has 0 aliphatic rings. The van der Waals surface area contributed by atoms with Gasteiger partial charge in [0.1, 0.15) is 0 Å². The van der Waals surface area contributed by atoms with E-state index in [-0.39, 0.29) is 16.8 Å². The van der Waals surface area contributed by atoms with Crippen LogP contribution in [0.5, 0.6) is 0 Å². The zero-order valence-corrected chi connectivity index (χ0v) is 13.6. The molecule has 124 valence electrons. The Morgan fingerprint density at radius 1 is 1.43 bits per heavy atom. The van der Waals surface area contributed by atoms with Crippen molar-refractivity contribution in [2.24, 2.45) is 0 Å². The molecule has 0 aliphatic carbocycles. The highest BCUT2D eigenvalue weighted by atomic mass is 32.1. The number of ether oxygens (including phenoxy) is 1. The molecule has 0 aliphatic heterocycles. The van der Waals surface area contributed by atoms with Crippen LogP contribution in [-0.2, 0) is 9.53 Å². The molecule has 1 rings (SSSR count). The zero-order valence-electron chi connectivity index (χ0n) is 12.7. The van der Waals surface area contributed by atoms with Gasteiger partial charge in [0.15, 0.2) is 5.11 Å². The Hall–Kier alpha value is -2.52. The maximum Gasteiger partial charge on any atom is 0.276 e. The quantitative estimate of drug-likeness (QED) is 0.309. The first-order valence-corrected chi connectivity index (χ1v) is 7.11. The second-order valence-corrected chi connectivity index (χ2v) is 5.00. The number of benzene rings is 1. The maximum atomic E-state index is 11.7. The molecule has 1 amide bonds. The van der Waals surface area contributed by atoms with Crippen molar-refractivity contribution in [1.82, 2.24) is 16.2 Å². The summed E-state index contributed by atoms with van der Waals surface area (Å²) in [5.41, 5.74) is 5.15. The van der Waals surface area contributed by atoms with Crippen LogP contribution in [-0.4, -0.2) is 35.7 Å². The van der Waals surface area contributed by atoms with E-state index in [2.05, 4.69) is 16.2 Å². The number of rotatable bonds is 6. The molecule has 0 heterocycles. The topological polar surface area (TPSA) is 106 Å². The molecule has 8 nitrogen and oxygen atoms in total. The first kappa shape index (κ1) is 18.5. The van der Waals surface area contributed by atoms with E-state index < -0.39 is 10.8 Å². The molecule has 0 bridgehead atoms. The van der Waals surface area contributed by atoms with E-state index in [0.29, 0.717) is 12.2 Å². The Morgan fingerprint density at radius 2 is 2.13 bits per heavy atom. The summed E-state index contributed by atoms with van der Waals surface area (Å²) < 4.78 is 4.94. The molecule has 1 aromatic rings. The fourth-order valence-electron chi connectivity index (χ4n) is 1.67. The van der Waals surface area contributed by atoms with Crippen molar-refractivity contribution in [3.05, 3.63) is 46.0 Å². The number of thiocarbonyl (C=S) groups is 1. The molecule has 23 heavy (non-hydrogen) atoms. The van der Waals surface area contributed by atoms with Gasteiger partial charge in [-0.3, -0.25) is 25.8 Å². The molecule has 0 fully saturated rings. The minimum absolute atomic E-state index is 0.0144. The predicted octanol–water partition coefficient (Wildman–Crippen LogP) is 1.14. The van der Waals surface area contributed by atoms with E-state index in [9.17, 15) is 14.9 Å². The van der Waals surface area contributed by atoms with Crippen LogP contribution in [0.4, 0.5) is 5.69 Å². The van der Waals surface area contributed by atoms with Gasteiger partial charge >= 0.3 is 0 Å². The number of nitrogens with one attached hydrogen (secondary N) is 3. The zero-order chi connectivity index (χ0) is 17.2. The first-order chi connectivity index (χ1) is 10.9. The number of nitro groups is 1. The van der Waals surface area contributed by atoms with Gasteiger partial charge in [0.25, 0.3) is 11.6 Å². The van der Waals surface area contributed by atoms with Crippen molar-refractivity contribution in [2.45, 2.75) is 13.0 Å². The minimum Gasteiger partial charge on any atom is -0.383 e. The normalized spacial score (nSPS) is 11.7. The average molecular weight is 338 g/mol. The third-order valence-electron chi connectivity index (χ3n) is 2.64. The lowest BCUT2D eigenvalue weighted by Gasteiger charge is -2.15. The van der Waals surface area contributed by atoms with E-state index in [0.717, 1.165) is 0 Å². The van der Waals surface area contributed by atoms with Crippen molar-refractivity contribution in [3.8, 4) is 0 Å². The number of nitro benzene ring substituents is 1. The highest BCUT2D eigenvalue weighted by Crippen LogP contribution is 2.18. The van der Waals surface area contributed by atoms with Gasteiger partial charge in [0.2, 0.25) is 0 Å². The number of carbonyl (C=O) groups excluding carboxylic acids is 1. The van der Waals surface area contributed by atoms with Gasteiger partial charge in [-0.15, -0.1) is 0 Å². The highest BCUT2D eigenvalue weighted by molar-refractivity contribution is 7.80. The number of nitrogens with zero attached hydrogens (tertiary/aromatic N) is 1. The largest absolute Gasteiger partial charge is 0.383 e. The number of methoxy groups -OCH3 is 1. The molecule has 0 unspecified atom stereocenters. The molecular formula is C14H18N4O4S. The fourth-order valence-corrected chi connectivity index (χ4v) is 1.92. The van der Waals surface area contributed by atoms with E-state index in [4.69, 9.17) is 17.0 Å². The molecule has 1 atom stereocenters. The molecule has 0 saturated carbocycles. The summed E-state index contributed by atoms with van der Waals surface area (Å²) in [4.78, 5) is 22.0. The first-order valence-electron chi connectivity index (χ1n) is 6.71. The van der Waals surface area contributed by atoms with Gasteiger partial charge in [-0.05, 0) is 31.3 Å². The summed E-state index contributed by atoms with van der Waals surface area (Å²) in [6, 6.07) is 6.11. The SMILES string of the molecule is COC[C@@H](C)NC(=S)NNC(=O)/C=C/c1ccccc1[N+](=O)[O-]. The van der Waals surface area contributed by atoms with Crippen LogP contribution in [0.2, 0.25) is 0 Å². The van der Waals surface area contributed by atoms with E-state index in [1.54, 1.807) is 25.3 Å². The van der Waals surface area contributed by atoms with Crippen LogP contribution in [0.1, 0.15) is 12.5 Å². The van der Waals surface area contributed by atoms with Gasteiger partial charge in [-0.2, -0.15) is 0 Å². The van der Waals surface area contributed by atoms with Crippen LogP contribution in [0, 0.1) is 10.1 Å². The second kappa shape index (κ2) is 9.49. The van der Waals surface area contributed by atoms with Crippen molar-refractivity contribution in [3.63, 3.8) is 0 Å². The Morgan fingerprint density at radius 3 is 2.78 bits per heavy atom. The summed E-state index contributed by atoms with van der Waals surface area (Å²) in [5, 5.41) is 14.0. The average Bonchev–Trinajstić information content (AvgIpc) is 2.51. The van der Waals surface area contributed by atoms with Crippen LogP contribution in [0.15, 0.2) is 30.3 Å². The summed E-state index contributed by atoms with van der Waals surface area (Å²) in [6.07, 6.45) is 2.54. The van der Waals surface area contributed by atoms with Crippen molar-refractivity contribution in [1.29, 1.82) is 0 Å². The predicted molar refractivity (Wildman–Crippen MR) is 90.5 cm³/mol. The third kappa shape index (κ3) is 6.85. The lowest BCUT2D eigenvalue weighted by Crippen LogP contribution is -2.49. The minimum atomic E-state index is -0.508. The highest BCUT2D eigenvalue weighted by Gasteiger charge is 2.09. The molecule has 0 radical (unpaired) electrons. The molecule has 9 heteroatoms. The van der Waals surface area contributed by atoms with Crippen LogP contribution in [0.25, 0.3) is 6.08 Å². The van der Waals surface area contributed by atoms with E-state index in [1.807, 2.05) is 6.92 Å². The number of para-hydroxylation sites is 1. The Labute approximate surface area is 139 Å². The standard InChI is InChI=1S/C14H18N4O4S/c1-10(9-22-2)15-14(23)17-16-13(19)8-7-11-5-3-4-6-12(11)18(20)21/h3-8,10H,9H2,1-2H3,(H,16,19)(H2,15,17,23)/b8-7+/t10-/m1/s1. The summed E-state index contributed by atoms with van der Waals surface area (Å²) in [6.45, 7) is 2.33. The van der Waals surface area contributed by atoms with Gasteiger partial charge in [0, 0.05) is 25.3 Å². The second-order valence-electron chi connectivity index (χ2n) is 4.59. The molecular weight excluding hydrogens is 320 g/mol. The number of hydrogen-bond acceptors (Lipinski definition) is 5.